The number of benzene rings is 2. The number of hydrogen-bond donors (Lipinski definition) is 0. The van der Waals surface area contributed by atoms with Crippen LogP contribution in [0.4, 0.5) is 5.69 Å². The number of anilines is 1. The molecule has 2 bridgehead atoms. The van der Waals surface area contributed by atoms with Crippen molar-refractivity contribution in [1.82, 2.24) is 9.78 Å². The fourth-order valence-corrected chi connectivity index (χ4v) is 8.06. The van der Waals surface area contributed by atoms with E-state index in [1.165, 1.54) is 30.4 Å². The Balaban J connectivity index is 0.00000368. The molecular weight excluding hydrogens is 549 g/mol. The van der Waals surface area contributed by atoms with Gasteiger partial charge < -0.3 is 16.1 Å². The predicted molar refractivity (Wildman–Crippen MR) is 171 cm³/mol. The molecule has 0 N–H and O–H groups in total. The summed E-state index contributed by atoms with van der Waals surface area (Å²) in [5.74, 6) is 1.34. The van der Waals surface area contributed by atoms with Gasteiger partial charge in [0.2, 0.25) is 5.91 Å². The van der Waals surface area contributed by atoms with E-state index in [1.54, 1.807) is 7.11 Å². The number of aromatic nitrogens is 2. The molecule has 3 aromatic rings. The molecule has 4 aliphatic rings. The number of fused-ring (bicyclic) bond motifs is 3. The van der Waals surface area contributed by atoms with E-state index in [0.29, 0.717) is 5.02 Å². The molecule has 4 aliphatic carbocycles. The molecule has 0 spiro atoms. The first kappa shape index (κ1) is 32.2. The normalized spacial score (nSPS) is 23.7. The number of hydrogen-bond acceptors (Lipinski definition) is 3. The number of carbonyl (C=O) groups excluding carboxylic acids is 1. The maximum atomic E-state index is 14.3. The Bertz CT molecular complexity index is 1420. The summed E-state index contributed by atoms with van der Waals surface area (Å²) in [5, 5.41) is 5.24. The Morgan fingerprint density at radius 2 is 1.79 bits per heavy atom. The zero-order valence-corrected chi connectivity index (χ0v) is 27.4. The van der Waals surface area contributed by atoms with Crippen LogP contribution in [0.1, 0.15) is 95.2 Å². The molecule has 0 atom stereocenters. The molecule has 43 heavy (non-hydrogen) atoms. The summed E-state index contributed by atoms with van der Waals surface area (Å²) in [4.78, 5) is 16.5. The molecule has 7 heteroatoms. The Labute approximate surface area is 274 Å². The maximum Gasteiger partial charge on any atom is 1.00 e. The fraction of sp³-hybridized carbons (Fsp3) is 0.528. The topological polar surface area (TPSA) is 47.4 Å². The van der Waals surface area contributed by atoms with Gasteiger partial charge >= 0.3 is 18.9 Å². The Morgan fingerprint density at radius 1 is 1.09 bits per heavy atom. The average molecular weight is 594 g/mol. The average Bonchev–Trinajstić information content (AvgIpc) is 3.52. The number of carbonyl (C=O) groups is 1. The number of methoxy groups -OCH3 is 1. The smallest absolute Gasteiger partial charge is 0.496 e. The van der Waals surface area contributed by atoms with E-state index in [2.05, 4.69) is 73.7 Å². The summed E-state index contributed by atoms with van der Waals surface area (Å²) in [5.41, 5.74) is 5.97. The van der Waals surface area contributed by atoms with Gasteiger partial charge in [-0.3, -0.25) is 9.48 Å². The van der Waals surface area contributed by atoms with Crippen molar-refractivity contribution in [2.24, 2.45) is 11.3 Å². The van der Waals surface area contributed by atoms with E-state index in [0.717, 1.165) is 74.1 Å². The Morgan fingerprint density at radius 3 is 2.40 bits per heavy atom. The van der Waals surface area contributed by atoms with Crippen molar-refractivity contribution in [3.8, 4) is 16.9 Å². The summed E-state index contributed by atoms with van der Waals surface area (Å²) >= 11 is 6.76. The van der Waals surface area contributed by atoms with Crippen molar-refractivity contribution in [3.05, 3.63) is 71.4 Å². The second-order valence-corrected chi connectivity index (χ2v) is 13.9. The summed E-state index contributed by atoms with van der Waals surface area (Å²) in [7, 11) is 1.75. The van der Waals surface area contributed by atoms with Gasteiger partial charge in [-0.05, 0) is 106 Å². The van der Waals surface area contributed by atoms with Crippen molar-refractivity contribution < 1.29 is 28.4 Å². The van der Waals surface area contributed by atoms with Gasteiger partial charge in [-0.1, -0.05) is 36.6 Å². The zero-order valence-electron chi connectivity index (χ0n) is 26.7. The number of aryl methyl sites for hydroxylation is 1. The van der Waals surface area contributed by atoms with Gasteiger partial charge in [0.15, 0.2) is 0 Å². The van der Waals surface area contributed by atoms with Gasteiger partial charge in [-0.15, -0.1) is 0 Å². The zero-order chi connectivity index (χ0) is 29.5. The molecular formula is C36H45ClLiN3O2. The number of rotatable bonds is 8. The molecule has 1 heterocycles. The molecule has 2 aromatic carbocycles. The minimum atomic E-state index is 0. The number of ether oxygens (including phenoxy) is 1. The van der Waals surface area contributed by atoms with E-state index in [1.807, 2.05) is 16.9 Å². The molecule has 5 nitrogen and oxygen atoms in total. The van der Waals surface area contributed by atoms with E-state index < -0.39 is 0 Å². The monoisotopic (exact) mass is 593 g/mol. The van der Waals surface area contributed by atoms with Crippen LogP contribution in [0.25, 0.3) is 11.1 Å². The second kappa shape index (κ2) is 13.0. The van der Waals surface area contributed by atoms with Gasteiger partial charge in [0.1, 0.15) is 5.75 Å². The van der Waals surface area contributed by atoms with Crippen LogP contribution in [0.5, 0.6) is 5.75 Å². The van der Waals surface area contributed by atoms with Crippen LogP contribution in [0.15, 0.2) is 48.8 Å². The first-order chi connectivity index (χ1) is 20.2. The molecule has 7 rings (SSSR count). The first-order valence-electron chi connectivity index (χ1n) is 15.8. The third-order valence-corrected chi connectivity index (χ3v) is 11.0. The predicted octanol–water partition coefficient (Wildman–Crippen LogP) is 6.13. The van der Waals surface area contributed by atoms with Crippen LogP contribution in [-0.2, 0) is 10.2 Å². The van der Waals surface area contributed by atoms with Crippen molar-refractivity contribution in [2.45, 2.75) is 96.4 Å². The standard InChI is InChI=1S/C36H45ClN3O2.Li/c1-25(2)40-23-28(22-38-40)31-21-30(11-12-32(31)37)39(34(41)27-8-6-5-7-9-27)24-35-14-17-36(18-15-35,19-16-35)29-10-13-33(42-4)26(3)20-29;/h5,10-13,20-23,25,27H,6-9,14-19,24H2,1-4H3;/q-1;+1. The molecule has 0 aliphatic heterocycles. The minimum absolute atomic E-state index is 0. The van der Waals surface area contributed by atoms with Gasteiger partial charge in [0, 0.05) is 46.5 Å². The molecule has 4 fully saturated rings. The molecule has 4 saturated carbocycles. The van der Waals surface area contributed by atoms with Crippen LogP contribution < -0.4 is 28.5 Å². The quantitative estimate of drug-likeness (QED) is 0.233. The first-order valence-corrected chi connectivity index (χ1v) is 16.2. The second-order valence-electron chi connectivity index (χ2n) is 13.5. The van der Waals surface area contributed by atoms with Gasteiger partial charge in [0.25, 0.3) is 0 Å². The van der Waals surface area contributed by atoms with Crippen LogP contribution in [0.2, 0.25) is 5.02 Å². The molecule has 0 unspecified atom stereocenters. The van der Waals surface area contributed by atoms with Crippen LogP contribution >= 0.6 is 11.6 Å². The van der Waals surface area contributed by atoms with E-state index in [9.17, 15) is 4.79 Å². The van der Waals surface area contributed by atoms with E-state index in [-0.39, 0.29) is 47.6 Å². The number of amides is 1. The third kappa shape index (κ3) is 6.33. The van der Waals surface area contributed by atoms with Crippen molar-refractivity contribution in [2.75, 3.05) is 18.6 Å². The third-order valence-electron chi connectivity index (χ3n) is 10.7. The summed E-state index contributed by atoms with van der Waals surface area (Å²) < 4.78 is 7.50. The SMILES string of the molecule is COc1ccc(C23CCC(CN(C(=O)C4CC[CH-]CC4)c4ccc(Cl)c(-c5cnn(C(C)C)c5)c4)(CC2)CC3)cc1C.[Li+]. The summed E-state index contributed by atoms with van der Waals surface area (Å²) in [6.45, 7) is 7.18. The summed E-state index contributed by atoms with van der Waals surface area (Å²) in [6, 6.07) is 13.2. The number of nitrogens with zero attached hydrogens (tertiary/aromatic N) is 3. The Hall–Kier alpha value is -2.19. The molecule has 224 valence electrons. The molecule has 0 saturated heterocycles. The molecule has 0 radical (unpaired) electrons. The maximum absolute atomic E-state index is 14.3. The number of halogens is 1. The van der Waals surface area contributed by atoms with Gasteiger partial charge in [-0.25, -0.2) is 0 Å². The molecule has 1 aromatic heterocycles. The van der Waals surface area contributed by atoms with Crippen LogP contribution in [0, 0.1) is 24.7 Å². The molecule has 1 amide bonds. The Kier molecular flexibility index (Phi) is 9.77. The van der Waals surface area contributed by atoms with Crippen molar-refractivity contribution >= 4 is 23.2 Å². The summed E-state index contributed by atoms with van der Waals surface area (Å²) in [6.07, 6.45) is 17.2. The van der Waals surface area contributed by atoms with Gasteiger partial charge in [0.05, 0.1) is 13.3 Å². The fourth-order valence-electron chi connectivity index (χ4n) is 7.83. The van der Waals surface area contributed by atoms with Crippen LogP contribution in [0.3, 0.4) is 0 Å². The largest absolute Gasteiger partial charge is 1.00 e. The van der Waals surface area contributed by atoms with Crippen LogP contribution in [-0.4, -0.2) is 29.3 Å². The van der Waals surface area contributed by atoms with E-state index in [4.69, 9.17) is 16.3 Å². The van der Waals surface area contributed by atoms with E-state index >= 15 is 0 Å². The minimum Gasteiger partial charge on any atom is -0.496 e. The van der Waals surface area contributed by atoms with Gasteiger partial charge in [-0.2, -0.15) is 17.9 Å². The van der Waals surface area contributed by atoms with Crippen molar-refractivity contribution in [3.63, 3.8) is 0 Å². The van der Waals surface area contributed by atoms with Crippen molar-refractivity contribution in [1.29, 1.82) is 0 Å².